The number of amides is 1. The summed E-state index contributed by atoms with van der Waals surface area (Å²) in [5, 5.41) is 9.22. The van der Waals surface area contributed by atoms with Gasteiger partial charge in [0.1, 0.15) is 6.04 Å². The van der Waals surface area contributed by atoms with Gasteiger partial charge in [-0.25, -0.2) is 4.79 Å². The lowest BCUT2D eigenvalue weighted by molar-refractivity contribution is -0.141. The fourth-order valence-corrected chi connectivity index (χ4v) is 3.45. The van der Waals surface area contributed by atoms with Gasteiger partial charge in [-0.05, 0) is 37.6 Å². The highest BCUT2D eigenvalue weighted by Gasteiger charge is 2.34. The third kappa shape index (κ3) is 3.76. The van der Waals surface area contributed by atoms with Crippen LogP contribution in [0.2, 0.25) is 0 Å². The van der Waals surface area contributed by atoms with Crippen molar-refractivity contribution in [1.82, 2.24) is 14.7 Å². The average Bonchev–Trinajstić information content (AvgIpc) is 3.07. The lowest BCUT2D eigenvalue weighted by atomic mass is 10.1. The van der Waals surface area contributed by atoms with E-state index in [9.17, 15) is 14.7 Å². The molecule has 0 aliphatic carbocycles. The Labute approximate surface area is 142 Å². The topological polar surface area (TPSA) is 64.1 Å². The second-order valence-corrected chi connectivity index (χ2v) is 6.77. The number of carbonyl (C=O) groups excluding carboxylic acids is 1. The number of carboxylic acid groups (broad SMARTS) is 1. The van der Waals surface area contributed by atoms with Gasteiger partial charge in [0.05, 0.1) is 0 Å². The molecule has 24 heavy (non-hydrogen) atoms. The number of rotatable bonds is 4. The van der Waals surface area contributed by atoms with Crippen molar-refractivity contribution < 1.29 is 14.7 Å². The highest BCUT2D eigenvalue weighted by molar-refractivity contribution is 5.97. The fraction of sp³-hybridized carbons (Fsp3) is 0.556. The Kier molecular flexibility index (Phi) is 5.16. The van der Waals surface area contributed by atoms with Gasteiger partial charge in [0.15, 0.2) is 0 Å². The molecule has 6 nitrogen and oxygen atoms in total. The van der Waals surface area contributed by atoms with Crippen LogP contribution in [0.1, 0.15) is 28.8 Å². The Morgan fingerprint density at radius 3 is 2.38 bits per heavy atom. The van der Waals surface area contributed by atoms with Crippen molar-refractivity contribution in [1.29, 1.82) is 0 Å². The zero-order valence-corrected chi connectivity index (χ0v) is 14.1. The third-order valence-corrected chi connectivity index (χ3v) is 5.00. The summed E-state index contributed by atoms with van der Waals surface area (Å²) in [5.74, 6) is -1.08. The number of hydrogen-bond acceptors (Lipinski definition) is 4. The van der Waals surface area contributed by atoms with E-state index in [2.05, 4.69) is 16.8 Å². The van der Waals surface area contributed by atoms with E-state index in [-0.39, 0.29) is 5.91 Å². The maximum Gasteiger partial charge on any atom is 0.326 e. The van der Waals surface area contributed by atoms with Crippen LogP contribution in [0.4, 0.5) is 0 Å². The van der Waals surface area contributed by atoms with Crippen LogP contribution < -0.4 is 0 Å². The Hall–Kier alpha value is -1.92. The molecular weight excluding hydrogens is 306 g/mol. The molecule has 1 amide bonds. The molecule has 0 bridgehead atoms. The summed E-state index contributed by atoms with van der Waals surface area (Å²) < 4.78 is 0. The molecule has 1 N–H and O–H groups in total. The second-order valence-electron chi connectivity index (χ2n) is 6.77. The minimum Gasteiger partial charge on any atom is -0.480 e. The molecule has 2 aliphatic heterocycles. The summed E-state index contributed by atoms with van der Waals surface area (Å²) in [7, 11) is 2.14. The van der Waals surface area contributed by atoms with Crippen LogP contribution in [0.5, 0.6) is 0 Å². The molecule has 0 spiro atoms. The van der Waals surface area contributed by atoms with Crippen LogP contribution in [0, 0.1) is 0 Å². The zero-order valence-electron chi connectivity index (χ0n) is 14.1. The number of likely N-dealkylation sites (tertiary alicyclic amines) is 1. The van der Waals surface area contributed by atoms with Gasteiger partial charge >= 0.3 is 5.97 Å². The van der Waals surface area contributed by atoms with Gasteiger partial charge in [0.2, 0.25) is 0 Å². The van der Waals surface area contributed by atoms with Gasteiger partial charge in [0, 0.05) is 44.8 Å². The summed E-state index contributed by atoms with van der Waals surface area (Å²) in [6.07, 6.45) is 1.30. The van der Waals surface area contributed by atoms with Crippen molar-refractivity contribution in [2.24, 2.45) is 0 Å². The van der Waals surface area contributed by atoms with Gasteiger partial charge in [-0.1, -0.05) is 12.1 Å². The molecule has 0 aromatic heterocycles. The Balaban J connectivity index is 1.61. The molecule has 2 heterocycles. The summed E-state index contributed by atoms with van der Waals surface area (Å²) in [4.78, 5) is 30.0. The summed E-state index contributed by atoms with van der Waals surface area (Å²) in [5.41, 5.74) is 1.76. The van der Waals surface area contributed by atoms with Gasteiger partial charge in [0.25, 0.3) is 5.91 Å². The first-order valence-corrected chi connectivity index (χ1v) is 8.58. The predicted molar refractivity (Wildman–Crippen MR) is 90.9 cm³/mol. The molecule has 1 unspecified atom stereocenters. The Morgan fingerprint density at radius 1 is 1.08 bits per heavy atom. The maximum atomic E-state index is 12.5. The van der Waals surface area contributed by atoms with Crippen LogP contribution in [0.15, 0.2) is 24.3 Å². The normalized spacial score (nSPS) is 22.7. The average molecular weight is 331 g/mol. The first-order valence-electron chi connectivity index (χ1n) is 8.58. The lowest BCUT2D eigenvalue weighted by Crippen LogP contribution is -2.43. The number of hydrogen-bond donors (Lipinski definition) is 1. The monoisotopic (exact) mass is 331 g/mol. The van der Waals surface area contributed by atoms with Crippen LogP contribution in [0.3, 0.4) is 0 Å². The van der Waals surface area contributed by atoms with Crippen molar-refractivity contribution in [3.63, 3.8) is 0 Å². The number of likely N-dealkylation sites (N-methyl/N-ethyl adjacent to an activating group) is 1. The Bertz CT molecular complexity index is 594. The zero-order chi connectivity index (χ0) is 17.1. The molecule has 0 radical (unpaired) electrons. The SMILES string of the molecule is CN1CCN(Cc2ccc(C(=O)N3CCCC3C(=O)O)cc2)CC1. The summed E-state index contributed by atoms with van der Waals surface area (Å²) >= 11 is 0. The van der Waals surface area contributed by atoms with Crippen molar-refractivity contribution >= 4 is 11.9 Å². The van der Waals surface area contributed by atoms with Crippen LogP contribution >= 0.6 is 0 Å². The maximum absolute atomic E-state index is 12.5. The van der Waals surface area contributed by atoms with E-state index in [4.69, 9.17) is 0 Å². The second kappa shape index (κ2) is 7.32. The number of nitrogens with zero attached hydrogens (tertiary/aromatic N) is 3. The van der Waals surface area contributed by atoms with Gasteiger partial charge in [-0.2, -0.15) is 0 Å². The molecule has 2 aliphatic rings. The molecule has 130 valence electrons. The first kappa shape index (κ1) is 16.9. The van der Waals surface area contributed by atoms with E-state index >= 15 is 0 Å². The van der Waals surface area contributed by atoms with Gasteiger partial charge < -0.3 is 14.9 Å². The Morgan fingerprint density at radius 2 is 1.75 bits per heavy atom. The number of carboxylic acids is 1. The molecule has 1 aromatic rings. The largest absolute Gasteiger partial charge is 0.480 e. The van der Waals surface area contributed by atoms with E-state index in [1.807, 2.05) is 24.3 Å². The summed E-state index contributed by atoms with van der Waals surface area (Å²) in [6, 6.07) is 6.94. The lowest BCUT2D eigenvalue weighted by Gasteiger charge is -2.32. The highest BCUT2D eigenvalue weighted by atomic mass is 16.4. The molecule has 2 fully saturated rings. The van der Waals surface area contributed by atoms with Gasteiger partial charge in [-0.15, -0.1) is 0 Å². The van der Waals surface area contributed by atoms with Crippen molar-refractivity contribution in [3.8, 4) is 0 Å². The molecule has 2 saturated heterocycles. The number of carbonyl (C=O) groups is 2. The molecule has 0 saturated carbocycles. The predicted octanol–water partition coefficient (Wildman–Crippen LogP) is 1.12. The first-order chi connectivity index (χ1) is 11.5. The van der Waals surface area contributed by atoms with E-state index < -0.39 is 12.0 Å². The van der Waals surface area contributed by atoms with Crippen LogP contribution in [0.25, 0.3) is 0 Å². The molecular formula is C18H25N3O3. The fourth-order valence-electron chi connectivity index (χ4n) is 3.45. The van der Waals surface area contributed by atoms with E-state index in [1.165, 1.54) is 10.5 Å². The van der Waals surface area contributed by atoms with Gasteiger partial charge in [-0.3, -0.25) is 9.69 Å². The quantitative estimate of drug-likeness (QED) is 0.896. The molecule has 1 atom stereocenters. The van der Waals surface area contributed by atoms with Crippen LogP contribution in [-0.4, -0.2) is 77.5 Å². The van der Waals surface area contributed by atoms with Crippen molar-refractivity contribution in [2.75, 3.05) is 39.8 Å². The van der Waals surface area contributed by atoms with Crippen molar-refractivity contribution in [2.45, 2.75) is 25.4 Å². The number of benzene rings is 1. The van der Waals surface area contributed by atoms with E-state index in [0.717, 1.165) is 39.1 Å². The highest BCUT2D eigenvalue weighted by Crippen LogP contribution is 2.21. The minimum atomic E-state index is -0.910. The minimum absolute atomic E-state index is 0.175. The number of aliphatic carboxylic acids is 1. The molecule has 3 rings (SSSR count). The third-order valence-electron chi connectivity index (χ3n) is 5.00. The number of piperazine rings is 1. The van der Waals surface area contributed by atoms with E-state index in [1.54, 1.807) is 0 Å². The van der Waals surface area contributed by atoms with Crippen LogP contribution in [-0.2, 0) is 11.3 Å². The van der Waals surface area contributed by atoms with E-state index in [0.29, 0.717) is 18.5 Å². The smallest absolute Gasteiger partial charge is 0.326 e. The summed E-state index contributed by atoms with van der Waals surface area (Å²) in [6.45, 7) is 5.71. The molecule has 6 heteroatoms. The standard InChI is InChI=1S/C18H25N3O3/c1-19-9-11-20(12-10-19)13-14-4-6-15(7-5-14)17(22)21-8-2-3-16(21)18(23)24/h4-7,16H,2-3,8-13H2,1H3,(H,23,24). The molecule has 1 aromatic carbocycles. The van der Waals surface area contributed by atoms with Crippen molar-refractivity contribution in [3.05, 3.63) is 35.4 Å².